The molecule has 2 atom stereocenters. The van der Waals surface area contributed by atoms with Crippen molar-refractivity contribution in [2.24, 2.45) is 0 Å². The fraction of sp³-hybridized carbons (Fsp3) is 0.235. The van der Waals surface area contributed by atoms with Crippen LogP contribution in [0.15, 0.2) is 42.5 Å². The smallest absolute Gasteiger partial charge is 0.248 e. The van der Waals surface area contributed by atoms with Crippen LogP contribution >= 0.6 is 11.6 Å². The van der Waals surface area contributed by atoms with Gasteiger partial charge < -0.3 is 14.7 Å². The van der Waals surface area contributed by atoms with Crippen molar-refractivity contribution >= 4 is 23.2 Å². The first-order chi connectivity index (χ1) is 10.5. The summed E-state index contributed by atoms with van der Waals surface area (Å²) in [6.45, 7) is 1.99. The molecule has 0 spiro atoms. The molecule has 0 aromatic heterocycles. The molecular weight excluding hydrogens is 302 g/mol. The molecule has 0 unspecified atom stereocenters. The predicted molar refractivity (Wildman–Crippen MR) is 85.7 cm³/mol. The maximum Gasteiger partial charge on any atom is 0.248 e. The van der Waals surface area contributed by atoms with Crippen LogP contribution in [0, 0.1) is 6.92 Å². The molecule has 4 nitrogen and oxygen atoms in total. The summed E-state index contributed by atoms with van der Waals surface area (Å²) < 4.78 is 5.04. The number of halogens is 1. The molecule has 0 radical (unpaired) electrons. The summed E-state index contributed by atoms with van der Waals surface area (Å²) >= 11 is 6.20. The van der Waals surface area contributed by atoms with Crippen LogP contribution in [-0.4, -0.2) is 23.5 Å². The average molecular weight is 318 g/mol. The molecule has 22 heavy (non-hydrogen) atoms. The highest BCUT2D eigenvalue weighted by Gasteiger charge is 2.48. The predicted octanol–water partition coefficient (Wildman–Crippen LogP) is 3.40. The van der Waals surface area contributed by atoms with Gasteiger partial charge in [-0.1, -0.05) is 23.8 Å². The normalized spacial score (nSPS) is 20.7. The summed E-state index contributed by atoms with van der Waals surface area (Å²) in [5, 5.41) is 9.30. The second kappa shape index (κ2) is 5.54. The molecule has 2 aromatic rings. The minimum atomic E-state index is -0.630. The summed E-state index contributed by atoms with van der Waals surface area (Å²) in [5.74, 6) is 0.292. The minimum absolute atomic E-state index is 0.0343. The van der Waals surface area contributed by atoms with E-state index < -0.39 is 5.38 Å². The lowest BCUT2D eigenvalue weighted by atomic mass is 9.92. The van der Waals surface area contributed by atoms with Crippen LogP contribution in [0.5, 0.6) is 11.5 Å². The van der Waals surface area contributed by atoms with Crippen molar-refractivity contribution in [1.82, 2.24) is 0 Å². The van der Waals surface area contributed by atoms with E-state index in [9.17, 15) is 9.90 Å². The van der Waals surface area contributed by atoms with Gasteiger partial charge in [-0.15, -0.1) is 11.6 Å². The number of phenolic OH excluding ortho intramolecular Hbond substituents is 1. The molecule has 0 aliphatic carbocycles. The zero-order valence-electron chi connectivity index (χ0n) is 12.3. The van der Waals surface area contributed by atoms with E-state index in [0.29, 0.717) is 5.75 Å². The molecule has 0 saturated carbocycles. The van der Waals surface area contributed by atoms with Gasteiger partial charge in [0.15, 0.2) is 11.5 Å². The number of aryl methyl sites for hydroxylation is 1. The fourth-order valence-corrected chi connectivity index (χ4v) is 3.02. The number of ether oxygens (including phenoxy) is 1. The lowest BCUT2D eigenvalue weighted by Gasteiger charge is -2.44. The third-order valence-corrected chi connectivity index (χ3v) is 4.31. The van der Waals surface area contributed by atoms with Crippen LogP contribution in [0.2, 0.25) is 0 Å². The van der Waals surface area contributed by atoms with E-state index in [0.717, 1.165) is 16.8 Å². The number of hydrogen-bond donors (Lipinski definition) is 1. The summed E-state index contributed by atoms with van der Waals surface area (Å²) in [6, 6.07) is 12.5. The topological polar surface area (TPSA) is 49.8 Å². The fourth-order valence-electron chi connectivity index (χ4n) is 2.66. The van der Waals surface area contributed by atoms with Crippen LogP contribution in [0.25, 0.3) is 0 Å². The molecule has 0 bridgehead atoms. The minimum Gasteiger partial charge on any atom is -0.504 e. The van der Waals surface area contributed by atoms with Crippen LogP contribution in [0.1, 0.15) is 17.2 Å². The summed E-state index contributed by atoms with van der Waals surface area (Å²) in [4.78, 5) is 13.8. The third kappa shape index (κ3) is 2.29. The first kappa shape index (κ1) is 14.7. The first-order valence-corrected chi connectivity index (χ1v) is 7.37. The van der Waals surface area contributed by atoms with Gasteiger partial charge in [0, 0.05) is 5.69 Å². The van der Waals surface area contributed by atoms with Crippen molar-refractivity contribution in [3.63, 3.8) is 0 Å². The Morgan fingerprint density at radius 3 is 2.45 bits per heavy atom. The Morgan fingerprint density at radius 1 is 1.18 bits per heavy atom. The van der Waals surface area contributed by atoms with E-state index >= 15 is 0 Å². The lowest BCUT2D eigenvalue weighted by Crippen LogP contribution is -2.56. The number of rotatable bonds is 3. The number of alkyl halides is 1. The van der Waals surface area contributed by atoms with Crippen molar-refractivity contribution in [2.45, 2.75) is 18.3 Å². The molecule has 1 aliphatic rings. The Morgan fingerprint density at radius 2 is 1.86 bits per heavy atom. The van der Waals surface area contributed by atoms with Crippen LogP contribution < -0.4 is 9.64 Å². The number of carbonyl (C=O) groups excluding carboxylic acids is 1. The third-order valence-electron chi connectivity index (χ3n) is 3.89. The van der Waals surface area contributed by atoms with E-state index in [1.54, 1.807) is 17.0 Å². The van der Waals surface area contributed by atoms with Crippen molar-refractivity contribution in [1.29, 1.82) is 0 Å². The summed E-state index contributed by atoms with van der Waals surface area (Å²) in [5.41, 5.74) is 2.70. The van der Waals surface area contributed by atoms with E-state index in [-0.39, 0.29) is 17.7 Å². The second-order valence-corrected chi connectivity index (χ2v) is 5.79. The quantitative estimate of drug-likeness (QED) is 0.697. The number of nitrogens with zero attached hydrogens (tertiary/aromatic N) is 1. The first-order valence-electron chi connectivity index (χ1n) is 6.93. The molecule has 114 valence electrons. The van der Waals surface area contributed by atoms with E-state index in [2.05, 4.69) is 0 Å². The number of amides is 1. The molecule has 2 aromatic carbocycles. The maximum atomic E-state index is 12.1. The van der Waals surface area contributed by atoms with Crippen molar-refractivity contribution in [3.8, 4) is 11.5 Å². The van der Waals surface area contributed by atoms with E-state index in [1.165, 1.54) is 7.11 Å². The van der Waals surface area contributed by atoms with Gasteiger partial charge >= 0.3 is 0 Å². The molecule has 1 N–H and O–H groups in total. The zero-order chi connectivity index (χ0) is 15.9. The van der Waals surface area contributed by atoms with Crippen molar-refractivity contribution in [2.75, 3.05) is 12.0 Å². The number of carbonyl (C=O) groups is 1. The average Bonchev–Trinajstić information content (AvgIpc) is 2.52. The highest BCUT2D eigenvalue weighted by Crippen LogP contribution is 2.43. The van der Waals surface area contributed by atoms with Crippen LogP contribution in [-0.2, 0) is 4.79 Å². The molecule has 1 saturated heterocycles. The Hall–Kier alpha value is -2.20. The summed E-state index contributed by atoms with van der Waals surface area (Å²) in [7, 11) is 1.49. The zero-order valence-corrected chi connectivity index (χ0v) is 13.0. The monoisotopic (exact) mass is 317 g/mol. The second-order valence-electron chi connectivity index (χ2n) is 5.32. The van der Waals surface area contributed by atoms with Crippen molar-refractivity contribution in [3.05, 3.63) is 53.6 Å². The Bertz CT molecular complexity index is 714. The number of methoxy groups -OCH3 is 1. The number of benzene rings is 2. The van der Waals surface area contributed by atoms with Gasteiger partial charge in [-0.2, -0.15) is 0 Å². The number of phenols is 1. The molecule has 1 fully saturated rings. The van der Waals surface area contributed by atoms with Gasteiger partial charge in [-0.25, -0.2) is 0 Å². The van der Waals surface area contributed by atoms with Gasteiger partial charge in [-0.3, -0.25) is 4.79 Å². The van der Waals surface area contributed by atoms with Crippen LogP contribution in [0.3, 0.4) is 0 Å². The van der Waals surface area contributed by atoms with Crippen molar-refractivity contribution < 1.29 is 14.6 Å². The number of anilines is 1. The Balaban J connectivity index is 1.96. The van der Waals surface area contributed by atoms with Crippen LogP contribution in [0.4, 0.5) is 5.69 Å². The molecular formula is C17H16ClNO3. The number of hydrogen-bond acceptors (Lipinski definition) is 3. The molecule has 5 heteroatoms. The SMILES string of the molecule is COc1ccc([C@H]2[C@H](Cl)C(=O)N2c2ccc(C)cc2)cc1O. The molecule has 1 amide bonds. The summed E-state index contributed by atoms with van der Waals surface area (Å²) in [6.07, 6.45) is 0. The van der Waals surface area contributed by atoms with Gasteiger partial charge in [0.2, 0.25) is 5.91 Å². The maximum absolute atomic E-state index is 12.1. The molecule has 3 rings (SSSR count). The van der Waals surface area contributed by atoms with E-state index in [4.69, 9.17) is 16.3 Å². The van der Waals surface area contributed by atoms with Gasteiger partial charge in [-0.05, 0) is 36.8 Å². The molecule has 1 heterocycles. The van der Waals surface area contributed by atoms with Gasteiger partial charge in [0.05, 0.1) is 13.2 Å². The number of aromatic hydroxyl groups is 1. The van der Waals surface area contributed by atoms with Gasteiger partial charge in [0.25, 0.3) is 0 Å². The lowest BCUT2D eigenvalue weighted by molar-refractivity contribution is -0.123. The number of β-lactam (4-membered cyclic amide) rings is 1. The standard InChI is InChI=1S/C17H16ClNO3/c1-10-3-6-12(7-4-10)19-16(15(18)17(19)21)11-5-8-14(22-2)13(20)9-11/h3-9,15-16,20H,1-2H3/t15-,16-/m0/s1. The largest absolute Gasteiger partial charge is 0.504 e. The Kier molecular flexibility index (Phi) is 3.71. The van der Waals surface area contributed by atoms with E-state index in [1.807, 2.05) is 37.3 Å². The van der Waals surface area contributed by atoms with Gasteiger partial charge in [0.1, 0.15) is 5.38 Å². The Labute approximate surface area is 133 Å². The highest BCUT2D eigenvalue weighted by molar-refractivity contribution is 6.37. The molecule has 1 aliphatic heterocycles. The highest BCUT2D eigenvalue weighted by atomic mass is 35.5.